The van der Waals surface area contributed by atoms with Gasteiger partial charge in [0.2, 0.25) is 0 Å². The average Bonchev–Trinajstić information content (AvgIpc) is 3.08. The Morgan fingerprint density at radius 1 is 1.27 bits per heavy atom. The second-order valence-corrected chi connectivity index (χ2v) is 5.86. The van der Waals surface area contributed by atoms with Crippen LogP contribution in [0.2, 0.25) is 0 Å². The van der Waals surface area contributed by atoms with E-state index in [1.54, 1.807) is 24.5 Å². The van der Waals surface area contributed by atoms with E-state index in [0.29, 0.717) is 6.54 Å². The molecule has 1 fully saturated rings. The molecule has 6 heteroatoms. The lowest BCUT2D eigenvalue weighted by Crippen LogP contribution is -2.08. The molecule has 0 amide bonds. The number of nitrogens with zero attached hydrogens (tertiary/aromatic N) is 4. The van der Waals surface area contributed by atoms with Gasteiger partial charge in [0.25, 0.3) is 0 Å². The lowest BCUT2D eigenvalue weighted by atomic mass is 10.2. The number of fused-ring (bicyclic) bond motifs is 1. The molecule has 0 unspecified atom stereocenters. The van der Waals surface area contributed by atoms with Crippen molar-refractivity contribution < 1.29 is 9.90 Å². The Kier molecular flexibility index (Phi) is 2.96. The third-order valence-corrected chi connectivity index (χ3v) is 4.15. The first kappa shape index (κ1) is 13.1. The number of aromatic carboxylic acids is 1. The van der Waals surface area contributed by atoms with E-state index in [9.17, 15) is 4.79 Å². The van der Waals surface area contributed by atoms with Gasteiger partial charge < -0.3 is 14.2 Å². The number of benzene rings is 1. The summed E-state index contributed by atoms with van der Waals surface area (Å²) >= 11 is 0. The van der Waals surface area contributed by atoms with Crippen LogP contribution < -0.4 is 0 Å². The predicted octanol–water partition coefficient (Wildman–Crippen LogP) is 2.39. The minimum absolute atomic E-state index is 0.278. The van der Waals surface area contributed by atoms with Gasteiger partial charge in [-0.1, -0.05) is 0 Å². The van der Waals surface area contributed by atoms with Crippen molar-refractivity contribution in [1.82, 2.24) is 19.1 Å². The van der Waals surface area contributed by atoms with E-state index in [2.05, 4.69) is 14.5 Å². The highest BCUT2D eigenvalue weighted by Crippen LogP contribution is 2.31. The number of carbonyl (C=O) groups is 1. The average molecular weight is 296 g/mol. The lowest BCUT2D eigenvalue weighted by molar-refractivity contribution is 0.0697. The van der Waals surface area contributed by atoms with Gasteiger partial charge in [-0.25, -0.2) is 14.8 Å². The van der Waals surface area contributed by atoms with Crippen LogP contribution in [-0.4, -0.2) is 30.2 Å². The van der Waals surface area contributed by atoms with Crippen LogP contribution in [0.1, 0.15) is 28.9 Å². The van der Waals surface area contributed by atoms with Crippen LogP contribution >= 0.6 is 0 Å². The molecule has 112 valence electrons. The topological polar surface area (TPSA) is 72.9 Å². The molecule has 0 radical (unpaired) electrons. The van der Waals surface area contributed by atoms with Crippen LogP contribution in [-0.2, 0) is 13.1 Å². The monoisotopic (exact) mass is 296 g/mol. The number of imidazole rings is 2. The number of carboxylic acid groups (broad SMARTS) is 1. The molecular weight excluding hydrogens is 280 g/mol. The molecule has 1 aliphatic carbocycles. The number of carboxylic acids is 1. The van der Waals surface area contributed by atoms with Gasteiger partial charge in [0.15, 0.2) is 0 Å². The van der Waals surface area contributed by atoms with E-state index in [-0.39, 0.29) is 5.56 Å². The molecule has 0 aliphatic heterocycles. The first-order valence-electron chi connectivity index (χ1n) is 7.38. The summed E-state index contributed by atoms with van der Waals surface area (Å²) in [5.41, 5.74) is 3.03. The van der Waals surface area contributed by atoms with Crippen molar-refractivity contribution in [3.63, 3.8) is 0 Å². The predicted molar refractivity (Wildman–Crippen MR) is 80.7 cm³/mol. The summed E-state index contributed by atoms with van der Waals surface area (Å²) in [4.78, 5) is 19.7. The number of aromatic nitrogens is 4. The van der Waals surface area contributed by atoms with Crippen molar-refractivity contribution in [1.29, 1.82) is 0 Å². The largest absolute Gasteiger partial charge is 0.478 e. The summed E-state index contributed by atoms with van der Waals surface area (Å²) < 4.78 is 4.16. The zero-order valence-corrected chi connectivity index (χ0v) is 12.0. The fourth-order valence-corrected chi connectivity index (χ4v) is 2.71. The van der Waals surface area contributed by atoms with Crippen molar-refractivity contribution >= 4 is 17.0 Å². The van der Waals surface area contributed by atoms with Crippen LogP contribution in [0.4, 0.5) is 0 Å². The Bertz CT molecular complexity index is 845. The molecule has 1 aromatic carbocycles. The standard InChI is InChI=1S/C16H16N4O2/c21-16(22)12-3-4-14-15(5-12)20(10-18-14)8-13-6-17-9-19(13)7-11-1-2-11/h3-6,9-11H,1-2,7-8H2,(H,21,22). The number of hydrogen-bond donors (Lipinski definition) is 1. The van der Waals surface area contributed by atoms with Crippen LogP contribution in [0, 0.1) is 5.92 Å². The second kappa shape index (κ2) is 4.98. The van der Waals surface area contributed by atoms with Crippen molar-refractivity contribution in [3.8, 4) is 0 Å². The first-order chi connectivity index (χ1) is 10.7. The fourth-order valence-electron chi connectivity index (χ4n) is 2.71. The molecule has 1 N–H and O–H groups in total. The maximum absolute atomic E-state index is 11.1. The molecule has 0 spiro atoms. The van der Waals surface area contributed by atoms with Crippen LogP contribution in [0.5, 0.6) is 0 Å². The van der Waals surface area contributed by atoms with Gasteiger partial charge >= 0.3 is 5.97 Å². The highest BCUT2D eigenvalue weighted by molar-refractivity contribution is 5.92. The minimum Gasteiger partial charge on any atom is -0.478 e. The van der Waals surface area contributed by atoms with Crippen LogP contribution in [0.3, 0.4) is 0 Å². The molecule has 1 saturated carbocycles. The quantitative estimate of drug-likeness (QED) is 0.784. The molecular formula is C16H16N4O2. The SMILES string of the molecule is O=C(O)c1ccc2ncn(Cc3cncn3CC3CC3)c2c1. The van der Waals surface area contributed by atoms with E-state index in [1.165, 1.54) is 12.8 Å². The van der Waals surface area contributed by atoms with Gasteiger partial charge in [0, 0.05) is 12.7 Å². The highest BCUT2D eigenvalue weighted by Gasteiger charge is 2.22. The van der Waals surface area contributed by atoms with Crippen molar-refractivity contribution in [2.75, 3.05) is 0 Å². The molecule has 0 atom stereocenters. The van der Waals surface area contributed by atoms with Crippen LogP contribution in [0.15, 0.2) is 37.1 Å². The van der Waals surface area contributed by atoms with Gasteiger partial charge in [-0.3, -0.25) is 0 Å². The molecule has 0 bridgehead atoms. The number of hydrogen-bond acceptors (Lipinski definition) is 3. The summed E-state index contributed by atoms with van der Waals surface area (Å²) in [6.07, 6.45) is 8.09. The van der Waals surface area contributed by atoms with E-state index in [4.69, 9.17) is 5.11 Å². The van der Waals surface area contributed by atoms with Crippen molar-refractivity contribution in [2.24, 2.45) is 5.92 Å². The lowest BCUT2D eigenvalue weighted by Gasteiger charge is -2.09. The maximum Gasteiger partial charge on any atom is 0.335 e. The first-order valence-corrected chi connectivity index (χ1v) is 7.38. The molecule has 3 aromatic rings. The van der Waals surface area contributed by atoms with E-state index in [0.717, 1.165) is 29.2 Å². The molecule has 0 saturated heterocycles. The third-order valence-electron chi connectivity index (χ3n) is 4.15. The van der Waals surface area contributed by atoms with E-state index in [1.807, 2.05) is 17.1 Å². The third kappa shape index (κ3) is 2.36. The van der Waals surface area contributed by atoms with Gasteiger partial charge in [-0.15, -0.1) is 0 Å². The summed E-state index contributed by atoms with van der Waals surface area (Å²) in [6.45, 7) is 1.66. The Hall–Kier alpha value is -2.63. The van der Waals surface area contributed by atoms with Crippen molar-refractivity contribution in [3.05, 3.63) is 48.3 Å². The van der Waals surface area contributed by atoms with Crippen LogP contribution in [0.25, 0.3) is 11.0 Å². The molecule has 6 nitrogen and oxygen atoms in total. The minimum atomic E-state index is -0.923. The normalized spacial score (nSPS) is 14.5. The van der Waals surface area contributed by atoms with E-state index < -0.39 is 5.97 Å². The maximum atomic E-state index is 11.1. The van der Waals surface area contributed by atoms with Gasteiger partial charge in [-0.05, 0) is 37.0 Å². The zero-order chi connectivity index (χ0) is 15.1. The Balaban J connectivity index is 1.67. The summed E-state index contributed by atoms with van der Waals surface area (Å²) in [5.74, 6) is -0.139. The molecule has 4 rings (SSSR count). The number of rotatable bonds is 5. The molecule has 1 aliphatic rings. The summed E-state index contributed by atoms with van der Waals surface area (Å²) in [6, 6.07) is 5.00. The Morgan fingerprint density at radius 2 is 2.14 bits per heavy atom. The highest BCUT2D eigenvalue weighted by atomic mass is 16.4. The smallest absolute Gasteiger partial charge is 0.335 e. The molecule has 2 heterocycles. The molecule has 2 aromatic heterocycles. The Labute approximate surface area is 127 Å². The van der Waals surface area contributed by atoms with Gasteiger partial charge in [-0.2, -0.15) is 0 Å². The van der Waals surface area contributed by atoms with E-state index >= 15 is 0 Å². The van der Waals surface area contributed by atoms with Gasteiger partial charge in [0.05, 0.1) is 41.5 Å². The fraction of sp³-hybridized carbons (Fsp3) is 0.312. The van der Waals surface area contributed by atoms with Gasteiger partial charge in [0.1, 0.15) is 0 Å². The Morgan fingerprint density at radius 3 is 2.91 bits per heavy atom. The zero-order valence-electron chi connectivity index (χ0n) is 12.0. The summed E-state index contributed by atoms with van der Waals surface area (Å²) in [5, 5.41) is 9.14. The second-order valence-electron chi connectivity index (χ2n) is 5.86. The van der Waals surface area contributed by atoms with Crippen molar-refractivity contribution in [2.45, 2.75) is 25.9 Å². The molecule has 22 heavy (non-hydrogen) atoms. The summed E-state index contributed by atoms with van der Waals surface area (Å²) in [7, 11) is 0.